The van der Waals surface area contributed by atoms with Gasteiger partial charge in [0.05, 0.1) is 24.6 Å². The summed E-state index contributed by atoms with van der Waals surface area (Å²) < 4.78 is 45.6. The van der Waals surface area contributed by atoms with Gasteiger partial charge in [0.15, 0.2) is 15.9 Å². The second-order valence-corrected chi connectivity index (χ2v) is 12.1. The average molecular weight is 584 g/mol. The third-order valence-corrected chi connectivity index (χ3v) is 9.69. The predicted molar refractivity (Wildman–Crippen MR) is 141 cm³/mol. The van der Waals surface area contributed by atoms with Crippen LogP contribution in [-0.4, -0.2) is 63.2 Å². The Hall–Kier alpha value is -3.00. The number of amidine groups is 1. The summed E-state index contributed by atoms with van der Waals surface area (Å²) in [6.07, 6.45) is -3.37. The van der Waals surface area contributed by atoms with Crippen molar-refractivity contribution in [3.8, 4) is 16.9 Å². The number of aliphatic imine (C=N–C) groups is 1. The van der Waals surface area contributed by atoms with Gasteiger partial charge in [-0.15, -0.1) is 10.9 Å². The lowest BCUT2D eigenvalue weighted by Crippen LogP contribution is -2.43. The van der Waals surface area contributed by atoms with Gasteiger partial charge in [-0.05, 0) is 38.3 Å². The Morgan fingerprint density at radius 3 is 2.69 bits per heavy atom. The molecular formula is C25H25ClF3N5O4S. The summed E-state index contributed by atoms with van der Waals surface area (Å²) in [7, 11) is -0.408. The number of thiol groups is 1. The fourth-order valence-electron chi connectivity index (χ4n) is 5.04. The van der Waals surface area contributed by atoms with Crippen molar-refractivity contribution in [1.82, 2.24) is 20.6 Å². The molecular weight excluding hydrogens is 559 g/mol. The number of nitrogens with one attached hydrogen (secondary N) is 2. The number of alkyl halides is 3. The molecule has 3 N–H and O–H groups in total. The van der Waals surface area contributed by atoms with Crippen LogP contribution in [0.2, 0.25) is 5.15 Å². The van der Waals surface area contributed by atoms with Crippen molar-refractivity contribution in [1.29, 1.82) is 0 Å². The lowest BCUT2D eigenvalue weighted by atomic mass is 10.0. The first-order chi connectivity index (χ1) is 18.4. The zero-order valence-electron chi connectivity index (χ0n) is 20.9. The lowest BCUT2D eigenvalue weighted by Gasteiger charge is -2.27. The van der Waals surface area contributed by atoms with Crippen LogP contribution in [0, 0.1) is 12.8 Å². The van der Waals surface area contributed by atoms with Crippen LogP contribution in [0.4, 0.5) is 13.2 Å². The number of methoxy groups -OCH3 is 1. The second-order valence-electron chi connectivity index (χ2n) is 9.61. The quantitative estimate of drug-likeness (QED) is 0.320. The molecule has 208 valence electrons. The first-order valence-corrected chi connectivity index (χ1v) is 13.8. The smallest absolute Gasteiger partial charge is 0.417 e. The number of hydrogen-bond donors (Lipinski definition) is 4. The zero-order valence-corrected chi connectivity index (χ0v) is 22.5. The summed E-state index contributed by atoms with van der Waals surface area (Å²) >= 11 is 6.12. The Balaban J connectivity index is 1.45. The van der Waals surface area contributed by atoms with Crippen molar-refractivity contribution >= 4 is 38.7 Å². The number of nitrogens with zero attached hydrogens (tertiary/aromatic N) is 3. The van der Waals surface area contributed by atoms with Gasteiger partial charge in [0.2, 0.25) is 0 Å². The largest absolute Gasteiger partial charge is 0.494 e. The lowest BCUT2D eigenvalue weighted by molar-refractivity contribution is -0.257. The first-order valence-electron chi connectivity index (χ1n) is 12.0. The highest BCUT2D eigenvalue weighted by Gasteiger charge is 2.59. The number of aryl methyl sites for hydroxylation is 1. The molecule has 1 amide bonds. The highest BCUT2D eigenvalue weighted by atomic mass is 35.5. The number of carbonyl (C=O) groups excluding carboxylic acids is 2. The average Bonchev–Trinajstić information content (AvgIpc) is 3.58. The SMILES string of the molecule is COc1cnc(Cl)cc1-c1cc(C)ncc1C(=O)NC1=NC2=C(CNC2)[SH]1C(=O)[C@H]1CC[C@](O)(C(F)(F)F)C1. The Morgan fingerprint density at radius 1 is 1.23 bits per heavy atom. The van der Waals surface area contributed by atoms with E-state index in [9.17, 15) is 27.9 Å². The molecule has 1 aliphatic carbocycles. The monoisotopic (exact) mass is 583 g/mol. The van der Waals surface area contributed by atoms with Crippen molar-refractivity contribution in [2.45, 2.75) is 38.0 Å². The van der Waals surface area contributed by atoms with Gasteiger partial charge in [-0.2, -0.15) is 13.2 Å². The van der Waals surface area contributed by atoms with Crippen molar-refractivity contribution in [2.24, 2.45) is 10.9 Å². The Bertz CT molecular complexity index is 1430. The van der Waals surface area contributed by atoms with Crippen LogP contribution < -0.4 is 15.4 Å². The zero-order chi connectivity index (χ0) is 28.1. The Labute approximate surface area is 229 Å². The Morgan fingerprint density at radius 2 is 2.00 bits per heavy atom. The molecule has 0 radical (unpaired) electrons. The van der Waals surface area contributed by atoms with E-state index in [0.717, 1.165) is 0 Å². The maximum absolute atomic E-state index is 13.6. The molecule has 1 unspecified atom stereocenters. The van der Waals surface area contributed by atoms with Gasteiger partial charge in [0, 0.05) is 46.9 Å². The fourth-order valence-corrected chi connectivity index (χ4v) is 7.61. The van der Waals surface area contributed by atoms with Crippen LogP contribution in [0.5, 0.6) is 5.75 Å². The van der Waals surface area contributed by atoms with Gasteiger partial charge < -0.3 is 20.5 Å². The maximum Gasteiger partial charge on any atom is 0.417 e. The summed E-state index contributed by atoms with van der Waals surface area (Å²) in [6.45, 7) is 2.47. The van der Waals surface area contributed by atoms with E-state index in [1.165, 1.54) is 19.5 Å². The van der Waals surface area contributed by atoms with E-state index in [-0.39, 0.29) is 22.3 Å². The number of aliphatic hydroxyl groups is 1. The molecule has 39 heavy (non-hydrogen) atoms. The molecule has 0 saturated heterocycles. The highest BCUT2D eigenvalue weighted by Crippen LogP contribution is 2.53. The van der Waals surface area contributed by atoms with E-state index in [2.05, 4.69) is 25.6 Å². The molecule has 2 aromatic rings. The maximum atomic E-state index is 13.6. The fraction of sp³-hybridized carbons (Fsp3) is 0.400. The van der Waals surface area contributed by atoms with Crippen LogP contribution in [0.1, 0.15) is 35.3 Å². The number of hydrogen-bond acceptors (Lipinski definition) is 8. The molecule has 5 rings (SSSR count). The van der Waals surface area contributed by atoms with E-state index < -0.39 is 52.5 Å². The van der Waals surface area contributed by atoms with Gasteiger partial charge in [0.25, 0.3) is 5.91 Å². The number of amides is 1. The van der Waals surface area contributed by atoms with E-state index in [0.29, 0.717) is 46.3 Å². The third-order valence-electron chi connectivity index (χ3n) is 7.08. The highest BCUT2D eigenvalue weighted by molar-refractivity contribution is 8.44. The van der Waals surface area contributed by atoms with Crippen LogP contribution in [0.3, 0.4) is 0 Å². The van der Waals surface area contributed by atoms with Crippen LogP contribution in [-0.2, 0) is 4.79 Å². The molecule has 3 atom stereocenters. The van der Waals surface area contributed by atoms with Crippen LogP contribution in [0.25, 0.3) is 11.1 Å². The number of aromatic nitrogens is 2. The Kier molecular flexibility index (Phi) is 7.20. The van der Waals surface area contributed by atoms with Gasteiger partial charge in [-0.25, -0.2) is 9.98 Å². The van der Waals surface area contributed by atoms with Gasteiger partial charge in [-0.1, -0.05) is 11.6 Å². The minimum Gasteiger partial charge on any atom is -0.494 e. The van der Waals surface area contributed by atoms with Crippen LogP contribution in [0.15, 0.2) is 40.1 Å². The summed E-state index contributed by atoms with van der Waals surface area (Å²) in [5, 5.41) is 15.8. The van der Waals surface area contributed by atoms with Crippen molar-refractivity contribution in [2.75, 3.05) is 20.2 Å². The standard InChI is InChI=1S/C25H25ClF3N5O4S/c1-12-5-14(15-6-20(26)32-10-18(15)38-2)16(8-31-12)21(35)34-23-33-17-9-30-11-19(17)39(23)22(36)13-3-4-24(37,7-13)25(27,28)29/h5-6,8,10,13,30,37,39H,3-4,7,9,11H2,1-2H3,(H,33,34,35)/t13-,24+/m0/s1. The van der Waals surface area contributed by atoms with E-state index in [4.69, 9.17) is 16.3 Å². The van der Waals surface area contributed by atoms with E-state index >= 15 is 0 Å². The number of halogens is 4. The molecule has 9 nitrogen and oxygen atoms in total. The van der Waals surface area contributed by atoms with Crippen LogP contribution >= 0.6 is 22.5 Å². The summed E-state index contributed by atoms with van der Waals surface area (Å²) in [6, 6.07) is 3.24. The van der Waals surface area contributed by atoms with E-state index in [1.54, 1.807) is 19.1 Å². The number of pyridine rings is 2. The molecule has 3 aliphatic rings. The molecule has 4 heterocycles. The summed E-state index contributed by atoms with van der Waals surface area (Å²) in [5.41, 5.74) is -0.563. The normalized spacial score (nSPS) is 25.5. The molecule has 14 heteroatoms. The number of rotatable bonds is 4. The minimum absolute atomic E-state index is 0.0976. The molecule has 0 aromatic carbocycles. The summed E-state index contributed by atoms with van der Waals surface area (Å²) in [4.78, 5) is 40.6. The van der Waals surface area contributed by atoms with Gasteiger partial charge >= 0.3 is 6.18 Å². The molecule has 0 bridgehead atoms. The van der Waals surface area contributed by atoms with Gasteiger partial charge in [0.1, 0.15) is 10.9 Å². The summed E-state index contributed by atoms with van der Waals surface area (Å²) in [5.74, 6) is -1.23. The van der Waals surface area contributed by atoms with Crippen molar-refractivity contribution in [3.05, 3.63) is 51.5 Å². The van der Waals surface area contributed by atoms with Crippen molar-refractivity contribution < 1.29 is 32.6 Å². The molecule has 1 saturated carbocycles. The topological polar surface area (TPSA) is 126 Å². The number of carbonyl (C=O) groups is 2. The first kappa shape index (κ1) is 27.6. The third kappa shape index (κ3) is 5.04. The second kappa shape index (κ2) is 10.2. The molecule has 2 aliphatic heterocycles. The predicted octanol–water partition coefficient (Wildman–Crippen LogP) is 3.65. The number of ether oxygens (including phenoxy) is 1. The molecule has 1 fully saturated rings. The van der Waals surface area contributed by atoms with Gasteiger partial charge in [-0.3, -0.25) is 14.6 Å². The minimum atomic E-state index is -4.83. The van der Waals surface area contributed by atoms with Crippen molar-refractivity contribution in [3.63, 3.8) is 0 Å². The molecule has 2 aromatic heterocycles. The van der Waals surface area contributed by atoms with E-state index in [1.807, 2.05) is 0 Å². The molecule has 0 spiro atoms.